The summed E-state index contributed by atoms with van der Waals surface area (Å²) in [5.74, 6) is 0.905. The average Bonchev–Trinajstić information content (AvgIpc) is 2.49. The summed E-state index contributed by atoms with van der Waals surface area (Å²) in [6.07, 6.45) is 3.35. The zero-order valence-electron chi connectivity index (χ0n) is 13.5. The van der Waals surface area contributed by atoms with Crippen LogP contribution in [-0.2, 0) is 6.42 Å². The maximum absolute atomic E-state index is 4.45. The Morgan fingerprint density at radius 1 is 1.00 bits per heavy atom. The van der Waals surface area contributed by atoms with Crippen molar-refractivity contribution in [1.82, 2.24) is 10.2 Å². The molecule has 0 atom stereocenters. The SMILES string of the molecule is CCCNc1nnc(-c2cccc(CCC)c2)c(C)c1C. The van der Waals surface area contributed by atoms with Crippen molar-refractivity contribution in [3.8, 4) is 11.3 Å². The fourth-order valence-corrected chi connectivity index (χ4v) is 2.45. The number of anilines is 1. The highest BCUT2D eigenvalue weighted by molar-refractivity contribution is 5.67. The summed E-state index contributed by atoms with van der Waals surface area (Å²) in [6, 6.07) is 8.65. The largest absolute Gasteiger partial charge is 0.368 e. The third kappa shape index (κ3) is 3.60. The van der Waals surface area contributed by atoms with E-state index in [2.05, 4.69) is 67.5 Å². The quantitative estimate of drug-likeness (QED) is 0.846. The minimum Gasteiger partial charge on any atom is -0.368 e. The van der Waals surface area contributed by atoms with E-state index in [4.69, 9.17) is 0 Å². The van der Waals surface area contributed by atoms with Gasteiger partial charge in [-0.3, -0.25) is 0 Å². The molecule has 0 unspecified atom stereocenters. The molecule has 0 saturated heterocycles. The van der Waals surface area contributed by atoms with Gasteiger partial charge in [-0.15, -0.1) is 10.2 Å². The lowest BCUT2D eigenvalue weighted by Gasteiger charge is -2.13. The maximum atomic E-state index is 4.45. The van der Waals surface area contributed by atoms with E-state index in [1.54, 1.807) is 0 Å². The first-order chi connectivity index (χ1) is 10.2. The van der Waals surface area contributed by atoms with Gasteiger partial charge in [0.25, 0.3) is 0 Å². The summed E-state index contributed by atoms with van der Waals surface area (Å²) in [6.45, 7) is 9.52. The second kappa shape index (κ2) is 7.21. The number of aryl methyl sites for hydroxylation is 1. The van der Waals surface area contributed by atoms with Crippen molar-refractivity contribution in [2.75, 3.05) is 11.9 Å². The Bertz CT molecular complexity index is 605. The molecule has 2 aromatic rings. The molecule has 112 valence electrons. The van der Waals surface area contributed by atoms with Crippen LogP contribution in [0.2, 0.25) is 0 Å². The Morgan fingerprint density at radius 2 is 1.81 bits per heavy atom. The number of benzene rings is 1. The van der Waals surface area contributed by atoms with E-state index < -0.39 is 0 Å². The predicted molar refractivity (Wildman–Crippen MR) is 89.7 cm³/mol. The molecule has 3 heteroatoms. The van der Waals surface area contributed by atoms with Gasteiger partial charge >= 0.3 is 0 Å². The smallest absolute Gasteiger partial charge is 0.151 e. The fraction of sp³-hybridized carbons (Fsp3) is 0.444. The van der Waals surface area contributed by atoms with Gasteiger partial charge in [0.2, 0.25) is 0 Å². The second-order valence-corrected chi connectivity index (χ2v) is 5.52. The van der Waals surface area contributed by atoms with Crippen molar-refractivity contribution in [1.29, 1.82) is 0 Å². The van der Waals surface area contributed by atoms with Gasteiger partial charge in [-0.25, -0.2) is 0 Å². The van der Waals surface area contributed by atoms with Gasteiger partial charge in [-0.1, -0.05) is 38.5 Å². The molecular formula is C18H25N3. The molecule has 1 heterocycles. The van der Waals surface area contributed by atoms with Crippen LogP contribution in [0.25, 0.3) is 11.3 Å². The first-order valence-electron chi connectivity index (χ1n) is 7.84. The van der Waals surface area contributed by atoms with Gasteiger partial charge in [-0.05, 0) is 49.4 Å². The van der Waals surface area contributed by atoms with Crippen LogP contribution in [0.4, 0.5) is 5.82 Å². The molecule has 0 aliphatic carbocycles. The molecule has 0 fully saturated rings. The number of hydrogen-bond acceptors (Lipinski definition) is 3. The zero-order chi connectivity index (χ0) is 15.2. The van der Waals surface area contributed by atoms with Crippen LogP contribution in [0.5, 0.6) is 0 Å². The molecule has 0 radical (unpaired) electrons. The topological polar surface area (TPSA) is 37.8 Å². The summed E-state index contributed by atoms with van der Waals surface area (Å²) in [5.41, 5.74) is 5.91. The van der Waals surface area contributed by atoms with Gasteiger partial charge in [0.1, 0.15) is 0 Å². The first kappa shape index (κ1) is 15.5. The lowest BCUT2D eigenvalue weighted by Crippen LogP contribution is -2.07. The average molecular weight is 283 g/mol. The molecular weight excluding hydrogens is 258 g/mol. The summed E-state index contributed by atoms with van der Waals surface area (Å²) < 4.78 is 0. The molecule has 0 saturated carbocycles. The Hall–Kier alpha value is -1.90. The van der Waals surface area contributed by atoms with Crippen LogP contribution in [-0.4, -0.2) is 16.7 Å². The number of hydrogen-bond donors (Lipinski definition) is 1. The number of nitrogens with one attached hydrogen (secondary N) is 1. The Labute approximate surface area is 127 Å². The highest BCUT2D eigenvalue weighted by atomic mass is 15.2. The van der Waals surface area contributed by atoms with Crippen LogP contribution in [0, 0.1) is 13.8 Å². The molecule has 0 amide bonds. The minimum absolute atomic E-state index is 0.905. The van der Waals surface area contributed by atoms with Crippen molar-refractivity contribution in [2.45, 2.75) is 47.0 Å². The van der Waals surface area contributed by atoms with Crippen LogP contribution in [0.3, 0.4) is 0 Å². The van der Waals surface area contributed by atoms with Gasteiger partial charge < -0.3 is 5.32 Å². The normalized spacial score (nSPS) is 10.7. The summed E-state index contributed by atoms with van der Waals surface area (Å²) in [7, 11) is 0. The molecule has 1 N–H and O–H groups in total. The van der Waals surface area contributed by atoms with Crippen molar-refractivity contribution in [3.05, 3.63) is 41.0 Å². The molecule has 0 bridgehead atoms. The molecule has 1 aromatic carbocycles. The van der Waals surface area contributed by atoms with E-state index in [1.165, 1.54) is 16.7 Å². The third-order valence-corrected chi connectivity index (χ3v) is 3.80. The second-order valence-electron chi connectivity index (χ2n) is 5.52. The molecule has 21 heavy (non-hydrogen) atoms. The summed E-state index contributed by atoms with van der Waals surface area (Å²) in [5, 5.41) is 12.2. The first-order valence-corrected chi connectivity index (χ1v) is 7.84. The Morgan fingerprint density at radius 3 is 2.52 bits per heavy atom. The zero-order valence-corrected chi connectivity index (χ0v) is 13.5. The fourth-order valence-electron chi connectivity index (χ4n) is 2.45. The number of aromatic nitrogens is 2. The van der Waals surface area contributed by atoms with E-state index in [-0.39, 0.29) is 0 Å². The van der Waals surface area contributed by atoms with E-state index in [1.807, 2.05) is 0 Å². The monoisotopic (exact) mass is 283 g/mol. The van der Waals surface area contributed by atoms with E-state index in [0.29, 0.717) is 0 Å². The summed E-state index contributed by atoms with van der Waals surface area (Å²) in [4.78, 5) is 0. The molecule has 0 spiro atoms. The number of nitrogens with zero attached hydrogens (tertiary/aromatic N) is 2. The summed E-state index contributed by atoms with van der Waals surface area (Å²) >= 11 is 0. The van der Waals surface area contributed by atoms with Crippen LogP contribution in [0.15, 0.2) is 24.3 Å². The van der Waals surface area contributed by atoms with Crippen molar-refractivity contribution in [2.24, 2.45) is 0 Å². The Balaban J connectivity index is 2.36. The Kier molecular flexibility index (Phi) is 5.32. The van der Waals surface area contributed by atoms with Crippen LogP contribution < -0.4 is 5.32 Å². The van der Waals surface area contributed by atoms with Crippen LogP contribution in [0.1, 0.15) is 43.4 Å². The third-order valence-electron chi connectivity index (χ3n) is 3.80. The predicted octanol–water partition coefficient (Wildman–Crippen LogP) is 4.53. The van der Waals surface area contributed by atoms with Crippen molar-refractivity contribution in [3.63, 3.8) is 0 Å². The highest BCUT2D eigenvalue weighted by Crippen LogP contribution is 2.26. The molecule has 0 aliphatic heterocycles. The molecule has 2 rings (SSSR count). The molecule has 1 aromatic heterocycles. The minimum atomic E-state index is 0.905. The number of rotatable bonds is 6. The van der Waals surface area contributed by atoms with E-state index >= 15 is 0 Å². The van der Waals surface area contributed by atoms with Crippen LogP contribution >= 0.6 is 0 Å². The van der Waals surface area contributed by atoms with E-state index in [9.17, 15) is 0 Å². The maximum Gasteiger partial charge on any atom is 0.151 e. The van der Waals surface area contributed by atoms with Gasteiger partial charge in [0.05, 0.1) is 5.69 Å². The van der Waals surface area contributed by atoms with Gasteiger partial charge in [0.15, 0.2) is 5.82 Å². The molecule has 0 aliphatic rings. The van der Waals surface area contributed by atoms with Crippen molar-refractivity contribution >= 4 is 5.82 Å². The lowest BCUT2D eigenvalue weighted by molar-refractivity contribution is 0.919. The highest BCUT2D eigenvalue weighted by Gasteiger charge is 2.11. The van der Waals surface area contributed by atoms with Crippen molar-refractivity contribution < 1.29 is 0 Å². The standard InChI is InChI=1S/C18H25N3/c1-5-8-15-9-7-10-16(12-15)17-13(3)14(4)18(21-20-17)19-11-6-2/h7,9-10,12H,5-6,8,11H2,1-4H3,(H,19,21). The van der Waals surface area contributed by atoms with Gasteiger partial charge in [-0.2, -0.15) is 0 Å². The molecule has 3 nitrogen and oxygen atoms in total. The van der Waals surface area contributed by atoms with Gasteiger partial charge in [0, 0.05) is 12.1 Å². The lowest BCUT2D eigenvalue weighted by atomic mass is 10.0. The van der Waals surface area contributed by atoms with E-state index in [0.717, 1.165) is 42.9 Å².